The van der Waals surface area contributed by atoms with E-state index in [2.05, 4.69) is 10.3 Å². The quantitative estimate of drug-likeness (QED) is 0.887. The molecule has 3 rings (SSSR count). The number of carbonyl (C=O) groups is 1. The third-order valence-electron chi connectivity index (χ3n) is 4.27. The predicted octanol–water partition coefficient (Wildman–Crippen LogP) is 2.19. The first-order chi connectivity index (χ1) is 12.1. The zero-order chi connectivity index (χ0) is 17.7. The van der Waals surface area contributed by atoms with Gasteiger partial charge in [-0.05, 0) is 36.6 Å². The molecule has 1 aromatic heterocycles. The van der Waals surface area contributed by atoms with Crippen LogP contribution < -0.4 is 5.32 Å². The second-order valence-electron chi connectivity index (χ2n) is 6.00. The van der Waals surface area contributed by atoms with Gasteiger partial charge in [0.05, 0.1) is 10.5 Å². The number of aromatic nitrogens is 1. The molecule has 1 amide bonds. The van der Waals surface area contributed by atoms with E-state index in [0.717, 1.165) is 19.3 Å². The van der Waals surface area contributed by atoms with Gasteiger partial charge in [0.15, 0.2) is 0 Å². The van der Waals surface area contributed by atoms with Gasteiger partial charge in [-0.25, -0.2) is 8.42 Å². The molecule has 0 atom stereocenters. The Hall–Kier alpha value is -2.25. The van der Waals surface area contributed by atoms with Gasteiger partial charge in [0.2, 0.25) is 10.0 Å². The largest absolute Gasteiger partial charge is 0.348 e. The van der Waals surface area contributed by atoms with Crippen molar-refractivity contribution >= 4 is 15.9 Å². The molecule has 0 saturated carbocycles. The van der Waals surface area contributed by atoms with Gasteiger partial charge in [-0.1, -0.05) is 24.6 Å². The molecule has 0 unspecified atom stereocenters. The fourth-order valence-corrected chi connectivity index (χ4v) is 4.66. The number of carbonyl (C=O) groups excluding carboxylic acids is 1. The van der Waals surface area contributed by atoms with Gasteiger partial charge in [0.25, 0.3) is 5.91 Å². The molecule has 2 aromatic rings. The lowest BCUT2D eigenvalue weighted by molar-refractivity contribution is 0.0950. The van der Waals surface area contributed by atoms with E-state index < -0.39 is 10.0 Å². The molecule has 0 radical (unpaired) electrons. The van der Waals surface area contributed by atoms with Crippen LogP contribution in [0.2, 0.25) is 0 Å². The molecule has 132 valence electrons. The van der Waals surface area contributed by atoms with E-state index >= 15 is 0 Å². The van der Waals surface area contributed by atoms with E-state index in [-0.39, 0.29) is 17.3 Å². The standard InChI is InChI=1S/C18H21N3O3S/c22-18(16-8-6-10-19-13-16)20-14-15-7-2-3-9-17(15)25(23,24)21-11-4-1-5-12-21/h2-3,6-10,13H,1,4-5,11-12,14H2,(H,20,22). The molecule has 0 aliphatic carbocycles. The van der Waals surface area contributed by atoms with Crippen molar-refractivity contribution in [2.45, 2.75) is 30.7 Å². The summed E-state index contributed by atoms with van der Waals surface area (Å²) in [5, 5.41) is 2.77. The number of benzene rings is 1. The van der Waals surface area contributed by atoms with Crippen LogP contribution in [0.5, 0.6) is 0 Å². The van der Waals surface area contributed by atoms with Crippen molar-refractivity contribution in [1.29, 1.82) is 0 Å². The van der Waals surface area contributed by atoms with E-state index in [1.165, 1.54) is 10.5 Å². The normalized spacial score (nSPS) is 15.7. The van der Waals surface area contributed by atoms with Crippen LogP contribution in [-0.4, -0.2) is 36.7 Å². The SMILES string of the molecule is O=C(NCc1ccccc1S(=O)(=O)N1CCCCC1)c1cccnc1. The van der Waals surface area contributed by atoms with Crippen molar-refractivity contribution in [2.24, 2.45) is 0 Å². The summed E-state index contributed by atoms with van der Waals surface area (Å²) < 4.78 is 27.4. The number of pyridine rings is 1. The van der Waals surface area contributed by atoms with Gasteiger partial charge in [0.1, 0.15) is 0 Å². The maximum atomic E-state index is 12.9. The summed E-state index contributed by atoms with van der Waals surface area (Å²) in [5.74, 6) is -0.279. The van der Waals surface area contributed by atoms with Crippen LogP contribution in [0.4, 0.5) is 0 Å². The van der Waals surface area contributed by atoms with Gasteiger partial charge < -0.3 is 5.32 Å². The number of hydrogen-bond acceptors (Lipinski definition) is 4. The van der Waals surface area contributed by atoms with E-state index in [0.29, 0.717) is 24.2 Å². The van der Waals surface area contributed by atoms with Crippen molar-refractivity contribution in [1.82, 2.24) is 14.6 Å². The minimum atomic E-state index is -3.54. The average Bonchev–Trinajstić information content (AvgIpc) is 2.67. The number of sulfonamides is 1. The summed E-state index contributed by atoms with van der Waals surface area (Å²) in [6, 6.07) is 10.2. The number of nitrogens with zero attached hydrogens (tertiary/aromatic N) is 2. The van der Waals surface area contributed by atoms with E-state index in [1.807, 2.05) is 0 Å². The minimum Gasteiger partial charge on any atom is -0.348 e. The fraction of sp³-hybridized carbons (Fsp3) is 0.333. The third kappa shape index (κ3) is 4.05. The number of nitrogens with one attached hydrogen (secondary N) is 1. The molecular formula is C18H21N3O3S. The summed E-state index contributed by atoms with van der Waals surface area (Å²) in [6.07, 6.45) is 5.91. The summed E-state index contributed by atoms with van der Waals surface area (Å²) in [4.78, 5) is 16.4. The molecule has 1 aliphatic rings. The Morgan fingerprint density at radius 2 is 1.84 bits per heavy atom. The second kappa shape index (κ2) is 7.76. The maximum Gasteiger partial charge on any atom is 0.253 e. The van der Waals surface area contributed by atoms with Crippen LogP contribution in [0.3, 0.4) is 0 Å². The minimum absolute atomic E-state index is 0.150. The first-order valence-electron chi connectivity index (χ1n) is 8.35. The third-order valence-corrected chi connectivity index (χ3v) is 6.27. The zero-order valence-electron chi connectivity index (χ0n) is 13.9. The molecule has 1 aliphatic heterocycles. The van der Waals surface area contributed by atoms with Crippen molar-refractivity contribution in [3.8, 4) is 0 Å². The number of piperidine rings is 1. The van der Waals surface area contributed by atoms with Crippen LogP contribution in [0.1, 0.15) is 35.2 Å². The smallest absolute Gasteiger partial charge is 0.253 e. The Labute approximate surface area is 147 Å². The lowest BCUT2D eigenvalue weighted by Crippen LogP contribution is -2.36. The molecule has 1 saturated heterocycles. The average molecular weight is 359 g/mol. The summed E-state index contributed by atoms with van der Waals surface area (Å²) in [6.45, 7) is 1.26. The molecular weight excluding hydrogens is 338 g/mol. The maximum absolute atomic E-state index is 12.9. The van der Waals surface area contributed by atoms with E-state index in [4.69, 9.17) is 0 Å². The highest BCUT2D eigenvalue weighted by molar-refractivity contribution is 7.89. The van der Waals surface area contributed by atoms with Crippen molar-refractivity contribution in [2.75, 3.05) is 13.1 Å². The van der Waals surface area contributed by atoms with Gasteiger partial charge in [-0.2, -0.15) is 4.31 Å². The topological polar surface area (TPSA) is 79.4 Å². The Morgan fingerprint density at radius 3 is 2.56 bits per heavy atom. The molecule has 0 spiro atoms. The Balaban J connectivity index is 1.78. The summed E-state index contributed by atoms with van der Waals surface area (Å²) in [5.41, 5.74) is 1.03. The van der Waals surface area contributed by atoms with Gasteiger partial charge in [-0.15, -0.1) is 0 Å². The van der Waals surface area contributed by atoms with Crippen LogP contribution in [0.15, 0.2) is 53.7 Å². The summed E-state index contributed by atoms with van der Waals surface area (Å²) in [7, 11) is -3.54. The van der Waals surface area contributed by atoms with Crippen LogP contribution in [0, 0.1) is 0 Å². The van der Waals surface area contributed by atoms with Gasteiger partial charge in [-0.3, -0.25) is 9.78 Å². The lowest BCUT2D eigenvalue weighted by atomic mass is 10.2. The van der Waals surface area contributed by atoms with Crippen LogP contribution in [-0.2, 0) is 16.6 Å². The van der Waals surface area contributed by atoms with Crippen molar-refractivity contribution in [3.05, 3.63) is 59.9 Å². The molecule has 0 bridgehead atoms. The molecule has 6 nitrogen and oxygen atoms in total. The highest BCUT2D eigenvalue weighted by Crippen LogP contribution is 2.23. The van der Waals surface area contributed by atoms with Crippen LogP contribution >= 0.6 is 0 Å². The number of hydrogen-bond donors (Lipinski definition) is 1. The zero-order valence-corrected chi connectivity index (χ0v) is 14.7. The highest BCUT2D eigenvalue weighted by Gasteiger charge is 2.27. The molecule has 7 heteroatoms. The Kier molecular flexibility index (Phi) is 5.45. The van der Waals surface area contributed by atoms with E-state index in [1.54, 1.807) is 42.6 Å². The monoisotopic (exact) mass is 359 g/mol. The molecule has 2 heterocycles. The van der Waals surface area contributed by atoms with Gasteiger partial charge >= 0.3 is 0 Å². The second-order valence-corrected chi connectivity index (χ2v) is 7.90. The van der Waals surface area contributed by atoms with Crippen LogP contribution in [0.25, 0.3) is 0 Å². The summed E-state index contributed by atoms with van der Waals surface area (Å²) >= 11 is 0. The van der Waals surface area contributed by atoms with E-state index in [9.17, 15) is 13.2 Å². The first-order valence-corrected chi connectivity index (χ1v) is 9.79. The Bertz CT molecular complexity index is 832. The molecule has 1 N–H and O–H groups in total. The first kappa shape index (κ1) is 17.6. The number of rotatable bonds is 5. The molecule has 25 heavy (non-hydrogen) atoms. The van der Waals surface area contributed by atoms with Gasteiger partial charge in [0, 0.05) is 32.0 Å². The lowest BCUT2D eigenvalue weighted by Gasteiger charge is -2.26. The predicted molar refractivity (Wildman–Crippen MR) is 94.5 cm³/mol. The number of amides is 1. The van der Waals surface area contributed by atoms with Crippen molar-refractivity contribution < 1.29 is 13.2 Å². The Morgan fingerprint density at radius 1 is 1.08 bits per heavy atom. The molecule has 1 fully saturated rings. The highest BCUT2D eigenvalue weighted by atomic mass is 32.2. The van der Waals surface area contributed by atoms with Crippen molar-refractivity contribution in [3.63, 3.8) is 0 Å². The fourth-order valence-electron chi connectivity index (χ4n) is 2.92. The molecule has 1 aromatic carbocycles.